The Morgan fingerprint density at radius 3 is 2.39 bits per heavy atom. The van der Waals surface area contributed by atoms with Crippen LogP contribution in [0.3, 0.4) is 0 Å². The van der Waals surface area contributed by atoms with Gasteiger partial charge in [0.15, 0.2) is 23.0 Å². The molecular formula is C26H28N2O7S. The highest BCUT2D eigenvalue weighted by Crippen LogP contribution is 2.33. The van der Waals surface area contributed by atoms with Crippen molar-refractivity contribution in [1.82, 2.24) is 5.32 Å². The summed E-state index contributed by atoms with van der Waals surface area (Å²) in [5, 5.41) is 2.76. The molecule has 1 heterocycles. The topological polar surface area (TPSA) is 103 Å². The Hall–Kier alpha value is -3.92. The van der Waals surface area contributed by atoms with Gasteiger partial charge < -0.3 is 24.3 Å². The Morgan fingerprint density at radius 2 is 1.69 bits per heavy atom. The lowest BCUT2D eigenvalue weighted by molar-refractivity contribution is -0.120. The maximum atomic E-state index is 13.7. The molecule has 0 spiro atoms. The van der Waals surface area contributed by atoms with Crippen molar-refractivity contribution in [2.75, 3.05) is 38.2 Å². The number of carbonyl (C=O) groups is 1. The number of hydrogen-bond donors (Lipinski definition) is 1. The predicted molar refractivity (Wildman–Crippen MR) is 135 cm³/mol. The van der Waals surface area contributed by atoms with E-state index in [0.29, 0.717) is 22.9 Å². The molecule has 0 bridgehead atoms. The number of sulfonamides is 1. The van der Waals surface area contributed by atoms with E-state index in [2.05, 4.69) is 5.32 Å². The largest absolute Gasteiger partial charge is 0.493 e. The Labute approximate surface area is 210 Å². The van der Waals surface area contributed by atoms with Gasteiger partial charge in [0, 0.05) is 6.07 Å². The standard InChI is InChI=1S/C26H28N2O7S/c1-18-8-10-19(11-9-18)28(36(30,31)21-12-13-22(32-2)25(14-21)33-3)16-26(29)27-15-20-17-34-23-6-4-5-7-24(23)35-20/h4-14,20H,15-17H2,1-3H3,(H,27,29). The zero-order valence-electron chi connectivity index (χ0n) is 20.3. The van der Waals surface area contributed by atoms with Gasteiger partial charge in [0.2, 0.25) is 5.91 Å². The second-order valence-corrected chi connectivity index (χ2v) is 10.0. The van der Waals surface area contributed by atoms with Crippen LogP contribution in [0.2, 0.25) is 0 Å². The molecule has 0 saturated heterocycles. The highest BCUT2D eigenvalue weighted by Gasteiger charge is 2.29. The maximum absolute atomic E-state index is 13.7. The first kappa shape index (κ1) is 25.2. The van der Waals surface area contributed by atoms with Crippen LogP contribution < -0.4 is 28.6 Å². The molecule has 190 valence electrons. The summed E-state index contributed by atoms with van der Waals surface area (Å²) in [5.41, 5.74) is 1.32. The molecule has 36 heavy (non-hydrogen) atoms. The number of benzene rings is 3. The van der Waals surface area contributed by atoms with Gasteiger partial charge in [0.25, 0.3) is 10.0 Å². The number of para-hydroxylation sites is 2. The van der Waals surface area contributed by atoms with E-state index in [0.717, 1.165) is 9.87 Å². The fraction of sp³-hybridized carbons (Fsp3) is 0.269. The van der Waals surface area contributed by atoms with Crippen LogP contribution in [0.5, 0.6) is 23.0 Å². The van der Waals surface area contributed by atoms with Crippen molar-refractivity contribution in [3.63, 3.8) is 0 Å². The molecule has 1 N–H and O–H groups in total. The predicted octanol–water partition coefficient (Wildman–Crippen LogP) is 3.16. The van der Waals surface area contributed by atoms with Gasteiger partial charge in [-0.25, -0.2) is 8.42 Å². The molecule has 1 amide bonds. The van der Waals surface area contributed by atoms with E-state index in [-0.39, 0.29) is 23.8 Å². The van der Waals surface area contributed by atoms with Crippen LogP contribution in [0.25, 0.3) is 0 Å². The van der Waals surface area contributed by atoms with E-state index in [1.54, 1.807) is 30.3 Å². The maximum Gasteiger partial charge on any atom is 0.264 e. The number of ether oxygens (including phenoxy) is 4. The number of nitrogens with one attached hydrogen (secondary N) is 1. The summed E-state index contributed by atoms with van der Waals surface area (Å²) >= 11 is 0. The second kappa shape index (κ2) is 10.8. The molecule has 10 heteroatoms. The highest BCUT2D eigenvalue weighted by atomic mass is 32.2. The van der Waals surface area contributed by atoms with Gasteiger partial charge in [0.05, 0.1) is 31.3 Å². The summed E-state index contributed by atoms with van der Waals surface area (Å²) in [7, 11) is -1.23. The first-order valence-corrected chi connectivity index (χ1v) is 12.7. The fourth-order valence-corrected chi connectivity index (χ4v) is 5.14. The Balaban J connectivity index is 1.53. The normalized spacial score (nSPS) is 14.6. The van der Waals surface area contributed by atoms with Crippen LogP contribution in [0.4, 0.5) is 5.69 Å². The molecule has 9 nitrogen and oxygen atoms in total. The average Bonchev–Trinajstić information content (AvgIpc) is 2.90. The number of rotatable bonds is 9. The third kappa shape index (κ3) is 5.49. The van der Waals surface area contributed by atoms with E-state index in [9.17, 15) is 13.2 Å². The smallest absolute Gasteiger partial charge is 0.264 e. The molecule has 1 atom stereocenters. The average molecular weight is 513 g/mol. The minimum atomic E-state index is -4.12. The lowest BCUT2D eigenvalue weighted by Crippen LogP contribution is -2.45. The minimum Gasteiger partial charge on any atom is -0.493 e. The third-order valence-electron chi connectivity index (χ3n) is 5.65. The molecule has 1 aliphatic heterocycles. The molecule has 1 aliphatic rings. The van der Waals surface area contributed by atoms with Crippen molar-refractivity contribution >= 4 is 21.6 Å². The first-order valence-electron chi connectivity index (χ1n) is 11.3. The van der Waals surface area contributed by atoms with Gasteiger partial charge in [-0.05, 0) is 43.3 Å². The van der Waals surface area contributed by atoms with E-state index in [1.165, 1.54) is 32.4 Å². The Kier molecular flexibility index (Phi) is 7.54. The summed E-state index contributed by atoms with van der Waals surface area (Å²) in [6.45, 7) is 1.90. The number of fused-ring (bicyclic) bond motifs is 1. The van der Waals surface area contributed by atoms with Crippen molar-refractivity contribution in [3.8, 4) is 23.0 Å². The highest BCUT2D eigenvalue weighted by molar-refractivity contribution is 7.92. The summed E-state index contributed by atoms with van der Waals surface area (Å²) in [6.07, 6.45) is -0.404. The van der Waals surface area contributed by atoms with Crippen LogP contribution in [-0.4, -0.2) is 54.3 Å². The van der Waals surface area contributed by atoms with Crippen LogP contribution in [0.15, 0.2) is 71.6 Å². The lowest BCUT2D eigenvalue weighted by Gasteiger charge is -2.27. The Bertz CT molecular complexity index is 1330. The molecule has 0 aromatic heterocycles. The molecule has 0 fully saturated rings. The zero-order chi connectivity index (χ0) is 25.7. The summed E-state index contributed by atoms with van der Waals surface area (Å²) in [5.74, 6) is 1.42. The number of carbonyl (C=O) groups excluding carboxylic acids is 1. The molecule has 3 aromatic rings. The van der Waals surface area contributed by atoms with Crippen molar-refractivity contribution in [2.24, 2.45) is 0 Å². The lowest BCUT2D eigenvalue weighted by atomic mass is 10.2. The SMILES string of the molecule is COc1ccc(S(=O)(=O)N(CC(=O)NCC2COc3ccccc3O2)c2ccc(C)cc2)cc1OC. The monoisotopic (exact) mass is 512 g/mol. The minimum absolute atomic E-state index is 0.0332. The molecule has 4 rings (SSSR count). The summed E-state index contributed by atoms with van der Waals surface area (Å²) in [4.78, 5) is 12.9. The van der Waals surface area contributed by atoms with Gasteiger partial charge in [0.1, 0.15) is 19.3 Å². The third-order valence-corrected chi connectivity index (χ3v) is 7.42. The molecule has 0 saturated carbocycles. The van der Waals surface area contributed by atoms with E-state index < -0.39 is 28.6 Å². The number of methoxy groups -OCH3 is 2. The van der Waals surface area contributed by atoms with Crippen LogP contribution in [-0.2, 0) is 14.8 Å². The first-order chi connectivity index (χ1) is 17.3. The fourth-order valence-electron chi connectivity index (χ4n) is 3.71. The van der Waals surface area contributed by atoms with Gasteiger partial charge in [-0.1, -0.05) is 29.8 Å². The number of nitrogens with zero attached hydrogens (tertiary/aromatic N) is 1. The number of hydrogen-bond acceptors (Lipinski definition) is 7. The molecule has 1 unspecified atom stereocenters. The van der Waals surface area contributed by atoms with Crippen molar-refractivity contribution in [2.45, 2.75) is 17.9 Å². The summed E-state index contributed by atoms with van der Waals surface area (Å²) < 4.78 is 50.4. The van der Waals surface area contributed by atoms with Crippen molar-refractivity contribution in [3.05, 3.63) is 72.3 Å². The number of amides is 1. The molecule has 0 aliphatic carbocycles. The second-order valence-electron chi connectivity index (χ2n) is 8.17. The van der Waals surface area contributed by atoms with Crippen molar-refractivity contribution < 1.29 is 32.2 Å². The summed E-state index contributed by atoms with van der Waals surface area (Å²) in [6, 6.07) is 18.5. The van der Waals surface area contributed by atoms with Gasteiger partial charge >= 0.3 is 0 Å². The molecule has 3 aromatic carbocycles. The number of anilines is 1. The zero-order valence-corrected chi connectivity index (χ0v) is 21.1. The van der Waals surface area contributed by atoms with Gasteiger partial charge in [-0.15, -0.1) is 0 Å². The van der Waals surface area contributed by atoms with E-state index in [4.69, 9.17) is 18.9 Å². The van der Waals surface area contributed by atoms with Crippen LogP contribution in [0, 0.1) is 6.92 Å². The van der Waals surface area contributed by atoms with Crippen LogP contribution in [0.1, 0.15) is 5.56 Å². The quantitative estimate of drug-likeness (QED) is 0.470. The van der Waals surface area contributed by atoms with E-state index >= 15 is 0 Å². The number of aryl methyl sites for hydroxylation is 1. The van der Waals surface area contributed by atoms with Gasteiger partial charge in [-0.3, -0.25) is 9.10 Å². The van der Waals surface area contributed by atoms with E-state index in [1.807, 2.05) is 25.1 Å². The van der Waals surface area contributed by atoms with Gasteiger partial charge in [-0.2, -0.15) is 0 Å². The Morgan fingerprint density at radius 1 is 1.00 bits per heavy atom. The molecular weight excluding hydrogens is 484 g/mol. The molecule has 0 radical (unpaired) electrons. The van der Waals surface area contributed by atoms with Crippen molar-refractivity contribution in [1.29, 1.82) is 0 Å². The van der Waals surface area contributed by atoms with Crippen LogP contribution >= 0.6 is 0 Å².